The average molecular weight is 556 g/mol. The number of anilines is 2. The van der Waals surface area contributed by atoms with Gasteiger partial charge in [-0.2, -0.15) is 0 Å². The molecule has 2 heterocycles. The first kappa shape index (κ1) is 25.6. The molecule has 0 unspecified atom stereocenters. The predicted octanol–water partition coefficient (Wildman–Crippen LogP) is 8.64. The Morgan fingerprint density at radius 1 is 0.946 bits per heavy atom. The van der Waals surface area contributed by atoms with Crippen LogP contribution in [-0.4, -0.2) is 21.0 Å². The summed E-state index contributed by atoms with van der Waals surface area (Å²) in [4.78, 5) is 14.1. The summed E-state index contributed by atoms with van der Waals surface area (Å²) in [5.74, 6) is 0.371. The normalized spacial score (nSPS) is 13.8. The summed E-state index contributed by atoms with van der Waals surface area (Å²) in [6.07, 6.45) is 10.8. The molecule has 5 rings (SSSR count). The van der Waals surface area contributed by atoms with Crippen molar-refractivity contribution in [2.24, 2.45) is 0 Å². The van der Waals surface area contributed by atoms with Crippen molar-refractivity contribution < 1.29 is 9.13 Å². The molecular formula is C27H24Cl2FN5OS. The van der Waals surface area contributed by atoms with Crippen LogP contribution in [0.15, 0.2) is 72.0 Å². The first-order valence-electron chi connectivity index (χ1n) is 11.9. The fourth-order valence-electron chi connectivity index (χ4n) is 4.11. The minimum atomic E-state index is -0.572. The summed E-state index contributed by atoms with van der Waals surface area (Å²) in [5, 5.41) is 4.32. The number of halogens is 3. The van der Waals surface area contributed by atoms with E-state index in [1.165, 1.54) is 43.3 Å². The largest absolute Gasteiger partial charge is 0.453 e. The Bertz CT molecular complexity index is 1390. The van der Waals surface area contributed by atoms with E-state index in [2.05, 4.69) is 25.0 Å². The maximum atomic E-state index is 15.1. The molecule has 0 saturated heterocycles. The number of benzene rings is 2. The fraction of sp³-hybridized carbons (Fsp3) is 0.222. The molecule has 0 radical (unpaired) electrons. The van der Waals surface area contributed by atoms with Crippen molar-refractivity contribution in [1.82, 2.24) is 15.0 Å². The molecule has 1 aliphatic carbocycles. The molecule has 1 saturated carbocycles. The van der Waals surface area contributed by atoms with Gasteiger partial charge in [-0.15, -0.1) is 0 Å². The Labute approximate surface area is 229 Å². The van der Waals surface area contributed by atoms with Crippen LogP contribution in [0.25, 0.3) is 11.3 Å². The van der Waals surface area contributed by atoms with E-state index in [1.807, 2.05) is 18.2 Å². The molecular weight excluding hydrogens is 532 g/mol. The molecule has 0 bridgehead atoms. The monoisotopic (exact) mass is 555 g/mol. The lowest BCUT2D eigenvalue weighted by molar-refractivity contribution is 0.443. The Morgan fingerprint density at radius 3 is 2.62 bits per heavy atom. The summed E-state index contributed by atoms with van der Waals surface area (Å²) in [5.41, 5.74) is 1.64. The lowest BCUT2D eigenvalue weighted by Gasteiger charge is -2.22. The second-order valence-corrected chi connectivity index (χ2v) is 10.3. The van der Waals surface area contributed by atoms with E-state index in [1.54, 1.807) is 36.8 Å². The summed E-state index contributed by atoms with van der Waals surface area (Å²) in [6.45, 7) is 0. The number of nitrogens with one attached hydrogen (secondary N) is 2. The van der Waals surface area contributed by atoms with E-state index < -0.39 is 5.82 Å². The molecule has 0 atom stereocenters. The molecule has 0 aliphatic heterocycles. The fourth-order valence-corrected chi connectivity index (χ4v) is 5.32. The smallest absolute Gasteiger partial charge is 0.223 e. The van der Waals surface area contributed by atoms with Crippen molar-refractivity contribution >= 4 is 46.8 Å². The van der Waals surface area contributed by atoms with E-state index in [0.717, 1.165) is 17.7 Å². The molecule has 2 aromatic carbocycles. The molecule has 2 N–H and O–H groups in total. The Kier molecular flexibility index (Phi) is 8.28. The molecule has 1 aliphatic rings. The molecule has 4 aromatic rings. The van der Waals surface area contributed by atoms with Crippen molar-refractivity contribution in [1.29, 1.82) is 0 Å². The molecule has 190 valence electrons. The Morgan fingerprint density at radius 2 is 1.78 bits per heavy atom. The predicted molar refractivity (Wildman–Crippen MR) is 148 cm³/mol. The van der Waals surface area contributed by atoms with E-state index in [-0.39, 0.29) is 5.75 Å². The van der Waals surface area contributed by atoms with Gasteiger partial charge in [0.15, 0.2) is 11.6 Å². The van der Waals surface area contributed by atoms with Crippen molar-refractivity contribution in [3.05, 3.63) is 83.0 Å². The summed E-state index contributed by atoms with van der Waals surface area (Å²) in [7, 11) is 0. The van der Waals surface area contributed by atoms with Gasteiger partial charge >= 0.3 is 0 Å². The SMILES string of the molecule is Fc1cc(NSc2ccccc2Cl)c(Cl)cc1Oc1ccncc1-c1ccnc(NC2CCCCC2)n1. The highest BCUT2D eigenvalue weighted by atomic mass is 35.5. The van der Waals surface area contributed by atoms with Gasteiger partial charge in [-0.05, 0) is 49.1 Å². The molecule has 37 heavy (non-hydrogen) atoms. The Balaban J connectivity index is 1.34. The molecule has 1 fully saturated rings. The van der Waals surface area contributed by atoms with Crippen molar-refractivity contribution in [3.63, 3.8) is 0 Å². The highest BCUT2D eigenvalue weighted by molar-refractivity contribution is 8.00. The van der Waals surface area contributed by atoms with Crippen molar-refractivity contribution in [2.75, 3.05) is 10.0 Å². The zero-order valence-corrected chi connectivity index (χ0v) is 22.1. The van der Waals surface area contributed by atoms with Crippen LogP contribution in [0.5, 0.6) is 11.5 Å². The number of hydrogen-bond acceptors (Lipinski definition) is 7. The van der Waals surface area contributed by atoms with Crippen LogP contribution in [0.4, 0.5) is 16.0 Å². The number of rotatable bonds is 8. The summed E-state index contributed by atoms with van der Waals surface area (Å²) in [6, 6.07) is 13.9. The highest BCUT2D eigenvalue weighted by Gasteiger charge is 2.17. The van der Waals surface area contributed by atoms with Crippen LogP contribution in [0.2, 0.25) is 10.0 Å². The topological polar surface area (TPSA) is 72.0 Å². The van der Waals surface area contributed by atoms with Gasteiger partial charge in [0.25, 0.3) is 0 Å². The third-order valence-corrected chi connectivity index (χ3v) is 7.65. The second kappa shape index (κ2) is 12.0. The molecule has 0 spiro atoms. The van der Waals surface area contributed by atoms with E-state index >= 15 is 4.39 Å². The number of pyridine rings is 1. The van der Waals surface area contributed by atoms with E-state index in [4.69, 9.17) is 27.9 Å². The van der Waals surface area contributed by atoms with Gasteiger partial charge in [-0.25, -0.2) is 14.4 Å². The van der Waals surface area contributed by atoms with E-state index in [0.29, 0.717) is 44.7 Å². The maximum Gasteiger partial charge on any atom is 0.223 e. The Hall–Kier alpha value is -3.07. The highest BCUT2D eigenvalue weighted by Crippen LogP contribution is 2.38. The molecule has 10 heteroatoms. The molecule has 0 amide bonds. The number of hydrogen-bond donors (Lipinski definition) is 2. The van der Waals surface area contributed by atoms with Crippen molar-refractivity contribution in [2.45, 2.75) is 43.0 Å². The zero-order valence-electron chi connectivity index (χ0n) is 19.8. The second-order valence-electron chi connectivity index (χ2n) is 8.62. The lowest BCUT2D eigenvalue weighted by Crippen LogP contribution is -2.23. The van der Waals surface area contributed by atoms with Gasteiger partial charge in [-0.1, -0.05) is 54.6 Å². The third-order valence-electron chi connectivity index (χ3n) is 6.00. The van der Waals surface area contributed by atoms with Crippen LogP contribution >= 0.6 is 35.1 Å². The minimum Gasteiger partial charge on any atom is -0.453 e. The van der Waals surface area contributed by atoms with Gasteiger partial charge in [0.2, 0.25) is 5.95 Å². The lowest BCUT2D eigenvalue weighted by atomic mass is 9.96. The minimum absolute atomic E-state index is 0.0136. The van der Waals surface area contributed by atoms with Gasteiger partial charge in [0.1, 0.15) is 5.75 Å². The van der Waals surface area contributed by atoms with Crippen LogP contribution in [0.3, 0.4) is 0 Å². The van der Waals surface area contributed by atoms with Gasteiger partial charge < -0.3 is 14.8 Å². The first-order valence-corrected chi connectivity index (χ1v) is 13.5. The van der Waals surface area contributed by atoms with Gasteiger partial charge in [-0.3, -0.25) is 4.98 Å². The molecule has 2 aromatic heterocycles. The third kappa shape index (κ3) is 6.44. The summed E-state index contributed by atoms with van der Waals surface area (Å²) >= 11 is 13.9. The van der Waals surface area contributed by atoms with Gasteiger partial charge in [0, 0.05) is 41.7 Å². The summed E-state index contributed by atoms with van der Waals surface area (Å²) < 4.78 is 24.1. The standard InChI is InChI=1S/C27H24Cl2FN5OS/c28-19-8-4-5-9-26(19)37-35-23-15-21(30)25(14-20(23)29)36-24-11-12-31-16-18(24)22-10-13-32-27(34-22)33-17-6-2-1-3-7-17/h4-5,8-17,35H,1-3,6-7H2,(H,32,33,34). The van der Waals surface area contributed by atoms with Crippen LogP contribution in [0.1, 0.15) is 32.1 Å². The van der Waals surface area contributed by atoms with Gasteiger partial charge in [0.05, 0.1) is 27.0 Å². The maximum absolute atomic E-state index is 15.1. The van der Waals surface area contributed by atoms with Crippen LogP contribution < -0.4 is 14.8 Å². The first-order chi connectivity index (χ1) is 18.1. The van der Waals surface area contributed by atoms with E-state index in [9.17, 15) is 0 Å². The quantitative estimate of drug-likeness (QED) is 0.211. The van der Waals surface area contributed by atoms with Crippen LogP contribution in [0, 0.1) is 5.82 Å². The number of aromatic nitrogens is 3. The van der Waals surface area contributed by atoms with Crippen LogP contribution in [-0.2, 0) is 0 Å². The van der Waals surface area contributed by atoms with Crippen molar-refractivity contribution in [3.8, 4) is 22.8 Å². The average Bonchev–Trinajstić information content (AvgIpc) is 2.92. The number of nitrogens with zero attached hydrogens (tertiary/aromatic N) is 3. The number of ether oxygens (including phenoxy) is 1. The zero-order chi connectivity index (χ0) is 25.6. The molecule has 6 nitrogen and oxygen atoms in total.